The summed E-state index contributed by atoms with van der Waals surface area (Å²) in [5.74, 6) is 0. The minimum absolute atomic E-state index is 0.726. The third-order valence-electron chi connectivity index (χ3n) is 0.873. The van der Waals surface area contributed by atoms with Gasteiger partial charge in [-0.1, -0.05) is 0 Å². The van der Waals surface area contributed by atoms with Crippen LogP contribution in [0.1, 0.15) is 0 Å². The van der Waals surface area contributed by atoms with Crippen LogP contribution in [-0.2, 0) is 4.57 Å². The highest BCUT2D eigenvalue weighted by atomic mass is 31.2. The molecule has 0 aliphatic carbocycles. The fraction of sp³-hybridized carbons (Fsp3) is 1.00. The summed E-state index contributed by atoms with van der Waals surface area (Å²) >= 11 is 0. The van der Waals surface area contributed by atoms with E-state index in [1.165, 1.54) is 0 Å². The molecule has 0 heterocycles. The first-order chi connectivity index (χ1) is 5.91. The molecule has 0 rings (SSSR count). The molecule has 7 N–H and O–H groups in total. The van der Waals surface area contributed by atoms with E-state index in [1.807, 2.05) is 7.05 Å². The smallest absolute Gasteiger partial charge is 0.329 e. The van der Waals surface area contributed by atoms with E-state index in [1.54, 1.807) is 0 Å². The average Bonchev–Trinajstić information content (AvgIpc) is 1.95. The van der Waals surface area contributed by atoms with E-state index in [9.17, 15) is 0 Å². The number of rotatable bonds is 5. The first-order valence-corrected chi connectivity index (χ1v) is 5.32. The molecule has 0 amide bonds. The van der Waals surface area contributed by atoms with Gasteiger partial charge < -0.3 is 31.0 Å². The molecule has 0 saturated heterocycles. The first-order valence-electron chi connectivity index (χ1n) is 3.75. The zero-order valence-corrected chi connectivity index (χ0v) is 8.50. The van der Waals surface area contributed by atoms with Crippen LogP contribution >= 0.6 is 7.82 Å². The van der Waals surface area contributed by atoms with E-state index < -0.39 is 7.82 Å². The van der Waals surface area contributed by atoms with Gasteiger partial charge in [0.15, 0.2) is 0 Å². The topological polar surface area (TPSA) is 128 Å². The van der Waals surface area contributed by atoms with E-state index in [2.05, 4.69) is 10.6 Å². The zero-order valence-electron chi connectivity index (χ0n) is 7.60. The van der Waals surface area contributed by atoms with Crippen molar-refractivity contribution < 1.29 is 19.2 Å². The molecule has 0 aliphatic heterocycles. The molecule has 0 aliphatic rings. The Kier molecular flexibility index (Phi) is 12.0. The molecule has 0 radical (unpaired) electrons. The second-order valence-electron chi connectivity index (χ2n) is 2.16. The Balaban J connectivity index is 0. The van der Waals surface area contributed by atoms with Gasteiger partial charge in [0, 0.05) is 26.2 Å². The van der Waals surface area contributed by atoms with Gasteiger partial charge in [-0.25, -0.2) is 4.57 Å². The van der Waals surface area contributed by atoms with Crippen LogP contribution in [0.4, 0.5) is 0 Å². The standard InChI is InChI=1S/C5H15N3.H3O4P/c1-7-4-5-8-3-2-6;1-5(2,3)4/h7-8H,2-6H2,1H3;(H3,1,2,3,4). The van der Waals surface area contributed by atoms with Crippen molar-refractivity contribution in [1.29, 1.82) is 0 Å². The van der Waals surface area contributed by atoms with Gasteiger partial charge in [0.2, 0.25) is 0 Å². The minimum Gasteiger partial charge on any atom is -0.329 e. The van der Waals surface area contributed by atoms with Gasteiger partial charge in [0.25, 0.3) is 0 Å². The zero-order chi connectivity index (χ0) is 10.7. The fourth-order valence-electron chi connectivity index (χ4n) is 0.440. The van der Waals surface area contributed by atoms with E-state index in [4.69, 9.17) is 25.0 Å². The molecule has 0 aromatic rings. The lowest BCUT2D eigenvalue weighted by Gasteiger charge is -1.99. The highest BCUT2D eigenvalue weighted by molar-refractivity contribution is 7.45. The van der Waals surface area contributed by atoms with Gasteiger partial charge in [-0.3, -0.25) is 0 Å². The summed E-state index contributed by atoms with van der Waals surface area (Å²) in [4.78, 5) is 21.6. The van der Waals surface area contributed by atoms with E-state index >= 15 is 0 Å². The van der Waals surface area contributed by atoms with Crippen LogP contribution in [0.25, 0.3) is 0 Å². The van der Waals surface area contributed by atoms with Gasteiger partial charge in [0.05, 0.1) is 0 Å². The lowest BCUT2D eigenvalue weighted by atomic mass is 10.6. The van der Waals surface area contributed by atoms with Crippen LogP contribution in [0.3, 0.4) is 0 Å². The van der Waals surface area contributed by atoms with E-state index in [0.717, 1.165) is 26.2 Å². The Morgan fingerprint density at radius 2 is 1.69 bits per heavy atom. The lowest BCUT2D eigenvalue weighted by Crippen LogP contribution is -2.29. The van der Waals surface area contributed by atoms with Crippen LogP contribution in [0, 0.1) is 0 Å². The largest absolute Gasteiger partial charge is 0.466 e. The molecule has 0 bridgehead atoms. The van der Waals surface area contributed by atoms with E-state index in [-0.39, 0.29) is 0 Å². The average molecular weight is 215 g/mol. The normalized spacial score (nSPS) is 10.5. The van der Waals surface area contributed by atoms with Gasteiger partial charge >= 0.3 is 7.82 Å². The SMILES string of the molecule is CNCCNCCN.O=P(O)(O)O. The highest BCUT2D eigenvalue weighted by Gasteiger charge is 2.00. The van der Waals surface area contributed by atoms with Crippen LogP contribution in [0.5, 0.6) is 0 Å². The maximum absolute atomic E-state index is 8.88. The summed E-state index contributed by atoms with van der Waals surface area (Å²) in [7, 11) is -2.70. The minimum atomic E-state index is -4.64. The van der Waals surface area contributed by atoms with Crippen LogP contribution in [-0.4, -0.2) is 47.9 Å². The number of nitrogens with two attached hydrogens (primary N) is 1. The second kappa shape index (κ2) is 10.1. The number of likely N-dealkylation sites (N-methyl/N-ethyl adjacent to an activating group) is 1. The van der Waals surface area contributed by atoms with E-state index in [0.29, 0.717) is 0 Å². The summed E-state index contributed by atoms with van der Waals surface area (Å²) in [5, 5.41) is 6.17. The van der Waals surface area contributed by atoms with Crippen molar-refractivity contribution in [2.75, 3.05) is 33.2 Å². The van der Waals surface area contributed by atoms with Crippen molar-refractivity contribution in [2.24, 2.45) is 5.73 Å². The number of nitrogens with one attached hydrogen (secondary N) is 2. The maximum atomic E-state index is 8.88. The fourth-order valence-corrected chi connectivity index (χ4v) is 0.440. The summed E-state index contributed by atoms with van der Waals surface area (Å²) in [6.07, 6.45) is 0. The van der Waals surface area contributed by atoms with Crippen molar-refractivity contribution in [3.63, 3.8) is 0 Å². The molecular weight excluding hydrogens is 197 g/mol. The molecule has 0 aromatic heterocycles. The Hall–Kier alpha value is -0.0100. The second-order valence-corrected chi connectivity index (χ2v) is 3.18. The van der Waals surface area contributed by atoms with Gasteiger partial charge in [-0.2, -0.15) is 0 Å². The molecule has 0 atom stereocenters. The van der Waals surface area contributed by atoms with Crippen molar-refractivity contribution in [3.8, 4) is 0 Å². The summed E-state index contributed by atoms with van der Waals surface area (Å²) in [5.41, 5.74) is 5.23. The first kappa shape index (κ1) is 15.5. The predicted molar refractivity (Wildman–Crippen MR) is 50.1 cm³/mol. The molecule has 0 unspecified atom stereocenters. The quantitative estimate of drug-likeness (QED) is 0.227. The van der Waals surface area contributed by atoms with Crippen molar-refractivity contribution >= 4 is 7.82 Å². The Labute approximate surface area is 77.6 Å². The van der Waals surface area contributed by atoms with Gasteiger partial charge in [-0.15, -0.1) is 0 Å². The Morgan fingerprint density at radius 3 is 2.00 bits per heavy atom. The van der Waals surface area contributed by atoms with Crippen LogP contribution in [0.2, 0.25) is 0 Å². The number of hydrogen-bond donors (Lipinski definition) is 6. The molecular formula is C5H18N3O4P. The monoisotopic (exact) mass is 215 g/mol. The molecule has 0 spiro atoms. The third-order valence-corrected chi connectivity index (χ3v) is 0.873. The summed E-state index contributed by atoms with van der Waals surface area (Å²) in [6.45, 7) is 3.67. The molecule has 0 fully saturated rings. The third kappa shape index (κ3) is 48.1. The number of phosphoric acid groups is 1. The van der Waals surface area contributed by atoms with Crippen molar-refractivity contribution in [3.05, 3.63) is 0 Å². The van der Waals surface area contributed by atoms with Gasteiger partial charge in [0.1, 0.15) is 0 Å². The van der Waals surface area contributed by atoms with Crippen molar-refractivity contribution in [2.45, 2.75) is 0 Å². The molecule has 0 aromatic carbocycles. The summed E-state index contributed by atoms with van der Waals surface area (Å²) < 4.78 is 8.88. The Bertz CT molecular complexity index is 125. The van der Waals surface area contributed by atoms with Crippen molar-refractivity contribution in [1.82, 2.24) is 10.6 Å². The molecule has 8 heteroatoms. The highest BCUT2D eigenvalue weighted by Crippen LogP contribution is 2.25. The van der Waals surface area contributed by atoms with Gasteiger partial charge in [-0.05, 0) is 7.05 Å². The molecule has 82 valence electrons. The molecule has 7 nitrogen and oxygen atoms in total. The summed E-state index contributed by atoms with van der Waals surface area (Å²) in [6, 6.07) is 0. The lowest BCUT2D eigenvalue weighted by molar-refractivity contribution is 0.275. The van der Waals surface area contributed by atoms with Crippen LogP contribution < -0.4 is 16.4 Å². The Morgan fingerprint density at radius 1 is 1.23 bits per heavy atom. The molecule has 13 heavy (non-hydrogen) atoms. The maximum Gasteiger partial charge on any atom is 0.466 e. The van der Waals surface area contributed by atoms with Crippen LogP contribution in [0.15, 0.2) is 0 Å². The number of hydrogen-bond acceptors (Lipinski definition) is 4. The molecule has 0 saturated carbocycles. The predicted octanol–water partition coefficient (Wildman–Crippen LogP) is -2.17.